The van der Waals surface area contributed by atoms with Crippen LogP contribution in [-0.4, -0.2) is 16.1 Å². The van der Waals surface area contributed by atoms with Crippen LogP contribution in [0, 0.1) is 0 Å². The van der Waals surface area contributed by atoms with E-state index in [2.05, 4.69) is 119 Å². The Morgan fingerprint density at radius 1 is 0.400 bits per heavy atom. The van der Waals surface area contributed by atoms with Crippen molar-refractivity contribution in [3.05, 3.63) is 36.4 Å². The molecule has 0 radical (unpaired) electrons. The summed E-state index contributed by atoms with van der Waals surface area (Å²) < 4.78 is 0. The molecule has 0 heterocycles. The van der Waals surface area contributed by atoms with Crippen molar-refractivity contribution in [2.45, 2.75) is 116 Å². The zero-order valence-electron chi connectivity index (χ0n) is 21.9. The molecule has 0 fully saturated rings. The first kappa shape index (κ1) is 25.4. The van der Waals surface area contributed by atoms with Crippen molar-refractivity contribution in [1.29, 1.82) is 0 Å². The molecule has 0 N–H and O–H groups in total. The Labute approximate surface area is 189 Å². The van der Waals surface area contributed by atoms with Gasteiger partial charge in [0.15, 0.2) is 0 Å². The van der Waals surface area contributed by atoms with Crippen molar-refractivity contribution >= 4 is 37.3 Å². The molecule has 0 aliphatic rings. The molecule has 0 atom stereocenters. The van der Waals surface area contributed by atoms with Crippen LogP contribution in [0.15, 0.2) is 36.4 Å². The molecule has 2 rings (SSSR count). The molecule has 0 aliphatic carbocycles. The molecule has 2 aromatic rings. The van der Waals surface area contributed by atoms with E-state index in [0.29, 0.717) is 0 Å². The van der Waals surface area contributed by atoms with Gasteiger partial charge in [-0.15, -0.1) is 0 Å². The molecule has 2 heteroatoms. The fourth-order valence-electron chi connectivity index (χ4n) is 7.93. The molecule has 0 saturated heterocycles. The largest absolute Gasteiger partial charge is 0.0950 e. The molecule has 0 amide bonds. The highest BCUT2D eigenvalue weighted by molar-refractivity contribution is 6.98. The van der Waals surface area contributed by atoms with Gasteiger partial charge in [-0.2, -0.15) is 0 Å². The fraction of sp³-hybridized carbons (Fsp3) is 0.643. The van der Waals surface area contributed by atoms with Crippen molar-refractivity contribution in [2.75, 3.05) is 0 Å². The topological polar surface area (TPSA) is 0 Å². The second kappa shape index (κ2) is 9.32. The average molecular weight is 441 g/mol. The second-order valence-electron chi connectivity index (χ2n) is 11.5. The van der Waals surface area contributed by atoms with Gasteiger partial charge < -0.3 is 0 Å². The Morgan fingerprint density at radius 2 is 0.633 bits per heavy atom. The Kier molecular flexibility index (Phi) is 7.89. The van der Waals surface area contributed by atoms with Gasteiger partial charge in [0.25, 0.3) is 0 Å². The molecule has 0 spiro atoms. The minimum atomic E-state index is -1.72. The number of benzene rings is 2. The lowest BCUT2D eigenvalue weighted by Gasteiger charge is -2.46. The fourth-order valence-corrected chi connectivity index (χ4v) is 21.8. The molecule has 168 valence electrons. The highest BCUT2D eigenvalue weighted by Crippen LogP contribution is 2.44. The number of hydrogen-bond acceptors (Lipinski definition) is 0. The van der Waals surface area contributed by atoms with E-state index in [-0.39, 0.29) is 0 Å². The molecule has 0 nitrogen and oxygen atoms in total. The Bertz CT molecular complexity index is 728. The van der Waals surface area contributed by atoms with Crippen molar-refractivity contribution < 1.29 is 0 Å². The summed E-state index contributed by atoms with van der Waals surface area (Å²) in [7, 11) is -3.43. The van der Waals surface area contributed by atoms with E-state index in [9.17, 15) is 0 Å². The lowest BCUT2D eigenvalue weighted by molar-refractivity contribution is 0.835. The van der Waals surface area contributed by atoms with E-state index in [4.69, 9.17) is 0 Å². The van der Waals surface area contributed by atoms with E-state index < -0.39 is 16.1 Å². The molecular formula is C28H48Si2. The Morgan fingerprint density at radius 3 is 0.833 bits per heavy atom. The maximum Gasteiger partial charge on any atom is 0.0950 e. The SMILES string of the molecule is CC(C)[Si](c1cccc2c([Si](C(C)C)(C(C)C)C(C)C)cccc12)(C(C)C)C(C)C. The lowest BCUT2D eigenvalue weighted by atomic mass is 10.1. The van der Waals surface area contributed by atoms with Gasteiger partial charge in [0.05, 0.1) is 16.1 Å². The van der Waals surface area contributed by atoms with Gasteiger partial charge in [0.2, 0.25) is 0 Å². The number of fused-ring (bicyclic) bond motifs is 1. The molecule has 30 heavy (non-hydrogen) atoms. The van der Waals surface area contributed by atoms with Crippen LogP contribution in [0.4, 0.5) is 0 Å². The monoisotopic (exact) mass is 440 g/mol. The summed E-state index contributed by atoms with van der Waals surface area (Å²) in [5.41, 5.74) is 4.38. The van der Waals surface area contributed by atoms with Crippen LogP contribution < -0.4 is 10.4 Å². The Balaban J connectivity index is 3.02. The zero-order valence-corrected chi connectivity index (χ0v) is 23.9. The van der Waals surface area contributed by atoms with E-state index in [0.717, 1.165) is 33.2 Å². The lowest BCUT2D eigenvalue weighted by Crippen LogP contribution is -2.57. The smallest absolute Gasteiger partial charge is 0.0648 e. The summed E-state index contributed by atoms with van der Waals surface area (Å²) in [5.74, 6) is 0. The minimum absolute atomic E-state index is 0.731. The first-order valence-electron chi connectivity index (χ1n) is 12.4. The number of hydrogen-bond donors (Lipinski definition) is 0. The summed E-state index contributed by atoms with van der Waals surface area (Å²) in [6, 6.07) is 14.7. The third-order valence-electron chi connectivity index (χ3n) is 8.59. The number of rotatable bonds is 8. The highest BCUT2D eigenvalue weighted by Gasteiger charge is 2.47. The summed E-state index contributed by atoms with van der Waals surface area (Å²) >= 11 is 0. The molecule has 0 unspecified atom stereocenters. The van der Waals surface area contributed by atoms with E-state index >= 15 is 0 Å². The molecule has 0 bridgehead atoms. The second-order valence-corrected chi connectivity index (χ2v) is 23.2. The maximum atomic E-state index is 2.50. The van der Waals surface area contributed by atoms with Crippen LogP contribution in [0.25, 0.3) is 10.8 Å². The summed E-state index contributed by atoms with van der Waals surface area (Å²) in [6.45, 7) is 29.9. The van der Waals surface area contributed by atoms with Crippen LogP contribution in [0.1, 0.15) is 83.1 Å². The molecule has 2 aromatic carbocycles. The predicted octanol–water partition coefficient (Wildman–Crippen LogP) is 8.61. The summed E-state index contributed by atoms with van der Waals surface area (Å²) in [4.78, 5) is 0. The minimum Gasteiger partial charge on any atom is -0.0648 e. The quantitative estimate of drug-likeness (QED) is 0.360. The van der Waals surface area contributed by atoms with Crippen molar-refractivity contribution in [2.24, 2.45) is 0 Å². The first-order valence-corrected chi connectivity index (χ1v) is 16.9. The zero-order chi connectivity index (χ0) is 23.0. The highest BCUT2D eigenvalue weighted by atomic mass is 28.3. The normalized spacial score (nSPS) is 13.8. The Hall–Kier alpha value is -0.866. The third-order valence-corrected chi connectivity index (χ3v) is 22.8. The van der Waals surface area contributed by atoms with Gasteiger partial charge in [0.1, 0.15) is 0 Å². The van der Waals surface area contributed by atoms with Crippen molar-refractivity contribution in [3.8, 4) is 0 Å². The van der Waals surface area contributed by atoms with Crippen LogP contribution >= 0.6 is 0 Å². The predicted molar refractivity (Wildman–Crippen MR) is 145 cm³/mol. The van der Waals surface area contributed by atoms with Crippen molar-refractivity contribution in [3.63, 3.8) is 0 Å². The van der Waals surface area contributed by atoms with Crippen LogP contribution in [0.5, 0.6) is 0 Å². The summed E-state index contributed by atoms with van der Waals surface area (Å²) in [6.07, 6.45) is 0. The van der Waals surface area contributed by atoms with E-state index in [1.807, 2.05) is 0 Å². The first-order chi connectivity index (χ1) is 13.9. The van der Waals surface area contributed by atoms with Crippen molar-refractivity contribution in [1.82, 2.24) is 0 Å². The van der Waals surface area contributed by atoms with Gasteiger partial charge in [-0.1, -0.05) is 130 Å². The standard InChI is InChI=1S/C28H48Si2/c1-19(2)29(20(3)4,21(5)6)27-17-13-16-26-25(27)15-14-18-28(26)30(22(7)8,23(9)10)24(11)12/h13-24H,1-12H3. The molecular weight excluding hydrogens is 392 g/mol. The summed E-state index contributed by atoms with van der Waals surface area (Å²) in [5, 5.41) is 6.55. The van der Waals surface area contributed by atoms with E-state index in [1.165, 1.54) is 0 Å². The van der Waals surface area contributed by atoms with Gasteiger partial charge >= 0.3 is 0 Å². The van der Waals surface area contributed by atoms with Crippen LogP contribution in [0.2, 0.25) is 33.2 Å². The molecule has 0 saturated carbocycles. The molecule has 0 aliphatic heterocycles. The molecule has 0 aromatic heterocycles. The van der Waals surface area contributed by atoms with E-state index in [1.54, 1.807) is 21.1 Å². The third kappa shape index (κ3) is 3.66. The van der Waals surface area contributed by atoms with Crippen LogP contribution in [-0.2, 0) is 0 Å². The van der Waals surface area contributed by atoms with Gasteiger partial charge in [-0.05, 0) is 44.0 Å². The maximum absolute atomic E-state index is 2.50. The van der Waals surface area contributed by atoms with Gasteiger partial charge in [0, 0.05) is 0 Å². The van der Waals surface area contributed by atoms with Crippen LogP contribution in [0.3, 0.4) is 0 Å². The van der Waals surface area contributed by atoms with Gasteiger partial charge in [-0.25, -0.2) is 0 Å². The average Bonchev–Trinajstić information content (AvgIpc) is 2.61. The van der Waals surface area contributed by atoms with Gasteiger partial charge in [-0.3, -0.25) is 0 Å².